The van der Waals surface area contributed by atoms with Gasteiger partial charge in [-0.3, -0.25) is 4.79 Å². The lowest BCUT2D eigenvalue weighted by Gasteiger charge is -2.20. The predicted molar refractivity (Wildman–Crippen MR) is 81.6 cm³/mol. The number of rotatable bonds is 5. The van der Waals surface area contributed by atoms with Crippen LogP contribution in [0.15, 0.2) is 0 Å². The molecule has 0 bridgehead atoms. The first-order valence-corrected chi connectivity index (χ1v) is 8.95. The third-order valence-electron chi connectivity index (χ3n) is 4.45. The second-order valence-electron chi connectivity index (χ2n) is 5.81. The first kappa shape index (κ1) is 17.7. The van der Waals surface area contributed by atoms with E-state index in [0.717, 1.165) is 32.1 Å². The number of nitrogens with one attached hydrogen (secondary N) is 1. The first-order valence-electron chi connectivity index (χ1n) is 7.24. The molecule has 2 rings (SSSR count). The van der Waals surface area contributed by atoms with Crippen LogP contribution >= 0.6 is 12.4 Å². The van der Waals surface area contributed by atoms with Crippen molar-refractivity contribution in [3.63, 3.8) is 0 Å². The average Bonchev–Trinajstić information content (AvgIpc) is 2.98. The van der Waals surface area contributed by atoms with E-state index < -0.39 is 9.84 Å². The summed E-state index contributed by atoms with van der Waals surface area (Å²) in [6, 6.07) is 0.0660. The molecule has 0 aromatic rings. The Morgan fingerprint density at radius 3 is 2.35 bits per heavy atom. The van der Waals surface area contributed by atoms with Gasteiger partial charge in [-0.05, 0) is 38.1 Å². The van der Waals surface area contributed by atoms with Crippen molar-refractivity contribution in [2.45, 2.75) is 56.2 Å². The van der Waals surface area contributed by atoms with E-state index in [2.05, 4.69) is 5.32 Å². The minimum absolute atomic E-state index is 0. The molecule has 0 aromatic heterocycles. The Hall–Kier alpha value is -0.330. The summed E-state index contributed by atoms with van der Waals surface area (Å²) in [5.41, 5.74) is 5.66. The summed E-state index contributed by atoms with van der Waals surface area (Å²) in [7, 11) is -3.27. The van der Waals surface area contributed by atoms with Crippen molar-refractivity contribution in [1.29, 1.82) is 0 Å². The van der Waals surface area contributed by atoms with Crippen LogP contribution in [0.1, 0.15) is 44.9 Å². The van der Waals surface area contributed by atoms with Crippen molar-refractivity contribution in [2.24, 2.45) is 11.7 Å². The maximum atomic E-state index is 12.1. The monoisotopic (exact) mass is 324 g/mol. The zero-order valence-electron chi connectivity index (χ0n) is 11.7. The van der Waals surface area contributed by atoms with Gasteiger partial charge in [0.15, 0.2) is 9.84 Å². The lowest BCUT2D eigenvalue weighted by Crippen LogP contribution is -2.43. The smallest absolute Gasteiger partial charge is 0.235 e. The fourth-order valence-corrected chi connectivity index (χ4v) is 5.04. The lowest BCUT2D eigenvalue weighted by molar-refractivity contribution is -0.119. The highest BCUT2D eigenvalue weighted by atomic mass is 35.5. The van der Waals surface area contributed by atoms with E-state index in [9.17, 15) is 13.2 Å². The van der Waals surface area contributed by atoms with Crippen molar-refractivity contribution in [2.75, 3.05) is 12.3 Å². The van der Waals surface area contributed by atoms with Crippen LogP contribution in [0.4, 0.5) is 0 Å². The van der Waals surface area contributed by atoms with Gasteiger partial charge in [0.25, 0.3) is 0 Å². The zero-order valence-corrected chi connectivity index (χ0v) is 13.3. The number of hydrogen-bond acceptors (Lipinski definition) is 4. The highest BCUT2D eigenvalue weighted by Gasteiger charge is 2.33. The Kier molecular flexibility index (Phi) is 6.75. The SMILES string of the molecule is Cl.NCC1CCCC1NC(=O)CS(=O)(=O)C1CCCC1. The fourth-order valence-electron chi connectivity index (χ4n) is 3.31. The van der Waals surface area contributed by atoms with Gasteiger partial charge >= 0.3 is 0 Å². The molecular weight excluding hydrogens is 300 g/mol. The van der Waals surface area contributed by atoms with E-state index in [-0.39, 0.29) is 35.4 Å². The second-order valence-corrected chi connectivity index (χ2v) is 8.10. The topological polar surface area (TPSA) is 89.3 Å². The van der Waals surface area contributed by atoms with Crippen molar-refractivity contribution in [3.8, 4) is 0 Å². The summed E-state index contributed by atoms with van der Waals surface area (Å²) in [5.74, 6) is -0.402. The van der Waals surface area contributed by atoms with Crippen LogP contribution in [-0.2, 0) is 14.6 Å². The Bertz CT molecular complexity index is 421. The molecule has 7 heteroatoms. The molecule has 2 aliphatic rings. The molecule has 2 aliphatic carbocycles. The van der Waals surface area contributed by atoms with Crippen LogP contribution in [0.5, 0.6) is 0 Å². The van der Waals surface area contributed by atoms with E-state index in [1.807, 2.05) is 0 Å². The van der Waals surface area contributed by atoms with E-state index in [1.165, 1.54) is 0 Å². The maximum Gasteiger partial charge on any atom is 0.235 e. The Labute approximate surface area is 127 Å². The minimum Gasteiger partial charge on any atom is -0.352 e. The molecule has 0 aliphatic heterocycles. The number of amides is 1. The summed E-state index contributed by atoms with van der Waals surface area (Å²) in [5, 5.41) is 2.56. The summed E-state index contributed by atoms with van der Waals surface area (Å²) in [6.45, 7) is 0.556. The zero-order chi connectivity index (χ0) is 13.9. The maximum absolute atomic E-state index is 12.1. The predicted octanol–water partition coefficient (Wildman–Crippen LogP) is 1.01. The van der Waals surface area contributed by atoms with Crippen molar-refractivity contribution < 1.29 is 13.2 Å². The van der Waals surface area contributed by atoms with Gasteiger partial charge in [-0.1, -0.05) is 19.3 Å². The molecular formula is C13H25ClN2O3S. The van der Waals surface area contributed by atoms with Gasteiger partial charge in [-0.15, -0.1) is 12.4 Å². The van der Waals surface area contributed by atoms with Gasteiger partial charge in [0.2, 0.25) is 5.91 Å². The molecule has 0 aromatic carbocycles. The molecule has 2 atom stereocenters. The average molecular weight is 325 g/mol. The number of hydrogen-bond donors (Lipinski definition) is 2. The molecule has 0 spiro atoms. The molecule has 1 amide bonds. The standard InChI is InChI=1S/C13H24N2O3S.ClH/c14-8-10-4-3-7-12(10)15-13(16)9-19(17,18)11-5-1-2-6-11;/h10-12H,1-9,14H2,(H,15,16);1H. The van der Waals surface area contributed by atoms with Crippen LogP contribution in [0.25, 0.3) is 0 Å². The van der Waals surface area contributed by atoms with Gasteiger partial charge in [0.05, 0.1) is 5.25 Å². The number of halogens is 1. The van der Waals surface area contributed by atoms with E-state index in [1.54, 1.807) is 0 Å². The van der Waals surface area contributed by atoms with Crippen molar-refractivity contribution in [3.05, 3.63) is 0 Å². The lowest BCUT2D eigenvalue weighted by atomic mass is 10.0. The molecule has 2 saturated carbocycles. The Morgan fingerprint density at radius 2 is 1.75 bits per heavy atom. The third-order valence-corrected chi connectivity index (χ3v) is 6.60. The van der Waals surface area contributed by atoms with Crippen molar-refractivity contribution >= 4 is 28.2 Å². The normalized spacial score (nSPS) is 27.2. The van der Waals surface area contributed by atoms with Crippen LogP contribution in [0.2, 0.25) is 0 Å². The van der Waals surface area contributed by atoms with E-state index in [0.29, 0.717) is 25.3 Å². The second kappa shape index (κ2) is 7.61. The van der Waals surface area contributed by atoms with E-state index in [4.69, 9.17) is 5.73 Å². The van der Waals surface area contributed by atoms with Crippen LogP contribution in [0, 0.1) is 5.92 Å². The number of nitrogens with two attached hydrogens (primary N) is 1. The van der Waals surface area contributed by atoms with Gasteiger partial charge in [0.1, 0.15) is 5.75 Å². The third kappa shape index (κ3) is 4.33. The molecule has 3 N–H and O–H groups in total. The number of sulfone groups is 1. The summed E-state index contributed by atoms with van der Waals surface area (Å²) in [6.07, 6.45) is 6.35. The van der Waals surface area contributed by atoms with Crippen LogP contribution in [-0.4, -0.2) is 37.9 Å². The summed E-state index contributed by atoms with van der Waals surface area (Å²) in [4.78, 5) is 11.9. The van der Waals surface area contributed by atoms with E-state index >= 15 is 0 Å². The van der Waals surface area contributed by atoms with Gasteiger partial charge < -0.3 is 11.1 Å². The van der Waals surface area contributed by atoms with Gasteiger partial charge in [-0.2, -0.15) is 0 Å². The van der Waals surface area contributed by atoms with Gasteiger partial charge in [-0.25, -0.2) is 8.42 Å². The quantitative estimate of drug-likeness (QED) is 0.789. The summed E-state index contributed by atoms with van der Waals surface area (Å²) < 4.78 is 24.2. The molecule has 0 saturated heterocycles. The fraction of sp³-hybridized carbons (Fsp3) is 0.923. The molecule has 20 heavy (non-hydrogen) atoms. The molecule has 2 fully saturated rings. The summed E-state index contributed by atoms with van der Waals surface area (Å²) >= 11 is 0. The number of carbonyl (C=O) groups is 1. The van der Waals surface area contributed by atoms with Crippen molar-refractivity contribution in [1.82, 2.24) is 5.32 Å². The largest absolute Gasteiger partial charge is 0.352 e. The minimum atomic E-state index is -3.27. The molecule has 2 unspecified atom stereocenters. The van der Waals surface area contributed by atoms with Gasteiger partial charge in [0, 0.05) is 6.04 Å². The first-order chi connectivity index (χ1) is 9.03. The van der Waals surface area contributed by atoms with Crippen LogP contribution in [0.3, 0.4) is 0 Å². The molecule has 118 valence electrons. The molecule has 0 radical (unpaired) electrons. The highest BCUT2D eigenvalue weighted by molar-refractivity contribution is 7.92. The Balaban J connectivity index is 0.00000200. The number of carbonyl (C=O) groups excluding carboxylic acids is 1. The Morgan fingerprint density at radius 1 is 1.10 bits per heavy atom. The highest BCUT2D eigenvalue weighted by Crippen LogP contribution is 2.26. The molecule has 5 nitrogen and oxygen atoms in total. The molecule has 0 heterocycles. The van der Waals surface area contributed by atoms with Crippen LogP contribution < -0.4 is 11.1 Å².